The van der Waals surface area contributed by atoms with Gasteiger partial charge < -0.3 is 4.90 Å². The highest BCUT2D eigenvalue weighted by Crippen LogP contribution is 2.12. The molecule has 0 spiro atoms. The largest absolute Gasteiger partial charge is 0.333 e. The lowest BCUT2D eigenvalue weighted by atomic mass is 10.2. The van der Waals surface area contributed by atoms with Crippen LogP contribution in [0.2, 0.25) is 0 Å². The van der Waals surface area contributed by atoms with Crippen molar-refractivity contribution in [2.24, 2.45) is 0 Å². The molecule has 2 rings (SSSR count). The summed E-state index contributed by atoms with van der Waals surface area (Å²) >= 11 is 0. The number of hydrogen-bond donors (Lipinski definition) is 1. The first-order valence-corrected chi connectivity index (χ1v) is 6.65. The van der Waals surface area contributed by atoms with Gasteiger partial charge in [0.25, 0.3) is 5.69 Å². The number of nitrogens with one attached hydrogen (secondary N) is 2. The second-order valence-electron chi connectivity index (χ2n) is 4.95. The van der Waals surface area contributed by atoms with Crippen LogP contribution in [0, 0.1) is 10.1 Å². The number of nitro groups is 1. The lowest BCUT2D eigenvalue weighted by molar-refractivity contribution is -0.893. The fourth-order valence-electron chi connectivity index (χ4n) is 2.15. The normalized spacial score (nSPS) is 12.1. The van der Waals surface area contributed by atoms with Crippen molar-refractivity contribution in [2.45, 2.75) is 13.0 Å². The van der Waals surface area contributed by atoms with E-state index in [4.69, 9.17) is 0 Å². The summed E-state index contributed by atoms with van der Waals surface area (Å²) in [5.74, 6) is 0. The molecule has 2 N–H and O–H groups in total. The lowest BCUT2D eigenvalue weighted by Crippen LogP contribution is -3.07. The minimum Gasteiger partial charge on any atom is -0.333 e. The van der Waals surface area contributed by atoms with Crippen LogP contribution in [0.3, 0.4) is 0 Å². The van der Waals surface area contributed by atoms with E-state index in [1.165, 1.54) is 16.7 Å². The zero-order chi connectivity index (χ0) is 14.4. The molecule has 5 nitrogen and oxygen atoms in total. The standard InChI is InChI=1S/C15H17N3O2/c1-17(10-8-14-6-2-3-9-16-14)12-13-5-4-7-15(11-13)18(19)20/h2-7,9,11H,8,10,12H2,1H3/p+2. The predicted molar refractivity (Wildman–Crippen MR) is 75.3 cm³/mol. The van der Waals surface area contributed by atoms with Crippen molar-refractivity contribution < 1.29 is 14.8 Å². The Labute approximate surface area is 118 Å². The van der Waals surface area contributed by atoms with Gasteiger partial charge in [0, 0.05) is 29.8 Å². The zero-order valence-corrected chi connectivity index (χ0v) is 11.5. The third kappa shape index (κ3) is 4.13. The number of likely N-dealkylation sites (N-methyl/N-ethyl adjacent to an activating group) is 1. The second-order valence-corrected chi connectivity index (χ2v) is 4.95. The molecule has 1 aromatic heterocycles. The molecular formula is C15H19N3O2+2. The molecule has 1 atom stereocenters. The molecule has 1 unspecified atom stereocenters. The first-order valence-electron chi connectivity index (χ1n) is 6.65. The van der Waals surface area contributed by atoms with Crippen LogP contribution < -0.4 is 9.88 Å². The predicted octanol–water partition coefficient (Wildman–Crippen LogP) is 0.666. The summed E-state index contributed by atoms with van der Waals surface area (Å²) in [6, 6.07) is 12.9. The number of non-ortho nitro benzene ring substituents is 1. The van der Waals surface area contributed by atoms with Crippen molar-refractivity contribution in [3.05, 3.63) is 70.0 Å². The van der Waals surface area contributed by atoms with E-state index < -0.39 is 0 Å². The fraction of sp³-hybridized carbons (Fsp3) is 0.267. The summed E-state index contributed by atoms with van der Waals surface area (Å²) in [5, 5.41) is 10.7. The molecule has 2 aromatic rings. The summed E-state index contributed by atoms with van der Waals surface area (Å²) in [6.07, 6.45) is 2.88. The number of rotatable bonds is 6. The SMILES string of the molecule is C[NH+](CCc1cccc[nH+]1)Cc1cccc([N+](=O)[O-])c1. The maximum atomic E-state index is 10.7. The van der Waals surface area contributed by atoms with Gasteiger partial charge in [0.1, 0.15) is 6.54 Å². The maximum Gasteiger partial charge on any atom is 0.269 e. The molecule has 0 bridgehead atoms. The van der Waals surface area contributed by atoms with Gasteiger partial charge in [-0.15, -0.1) is 0 Å². The van der Waals surface area contributed by atoms with Crippen LogP contribution in [0.25, 0.3) is 0 Å². The van der Waals surface area contributed by atoms with E-state index in [0.29, 0.717) is 0 Å². The minimum absolute atomic E-state index is 0.159. The molecule has 0 aliphatic carbocycles. The van der Waals surface area contributed by atoms with Crippen molar-refractivity contribution in [3.63, 3.8) is 0 Å². The molecule has 104 valence electrons. The van der Waals surface area contributed by atoms with Crippen molar-refractivity contribution >= 4 is 5.69 Å². The van der Waals surface area contributed by atoms with Gasteiger partial charge in [-0.25, -0.2) is 4.98 Å². The maximum absolute atomic E-state index is 10.7. The molecule has 0 aliphatic heterocycles. The van der Waals surface area contributed by atoms with E-state index in [9.17, 15) is 10.1 Å². The van der Waals surface area contributed by atoms with Gasteiger partial charge >= 0.3 is 0 Å². The Balaban J connectivity index is 1.89. The smallest absolute Gasteiger partial charge is 0.269 e. The molecule has 0 saturated carbocycles. The Hall–Kier alpha value is -2.27. The molecular weight excluding hydrogens is 254 g/mol. The second kappa shape index (κ2) is 6.77. The van der Waals surface area contributed by atoms with Gasteiger partial charge in [-0.05, 0) is 0 Å². The van der Waals surface area contributed by atoms with Crippen LogP contribution in [0.5, 0.6) is 0 Å². The molecule has 0 radical (unpaired) electrons. The fourth-order valence-corrected chi connectivity index (χ4v) is 2.15. The Morgan fingerprint density at radius 2 is 2.10 bits per heavy atom. The van der Waals surface area contributed by atoms with Gasteiger partial charge in [-0.3, -0.25) is 10.1 Å². The van der Waals surface area contributed by atoms with Crippen LogP contribution in [-0.2, 0) is 13.0 Å². The first kappa shape index (κ1) is 14.1. The number of nitro benzene ring substituents is 1. The van der Waals surface area contributed by atoms with E-state index >= 15 is 0 Å². The van der Waals surface area contributed by atoms with Crippen LogP contribution in [0.1, 0.15) is 11.3 Å². The molecule has 0 amide bonds. The van der Waals surface area contributed by atoms with Crippen LogP contribution in [-0.4, -0.2) is 18.5 Å². The number of quaternary nitrogens is 1. The lowest BCUT2D eigenvalue weighted by Gasteiger charge is -2.12. The number of hydrogen-bond acceptors (Lipinski definition) is 2. The topological polar surface area (TPSA) is 61.7 Å². The highest BCUT2D eigenvalue weighted by molar-refractivity contribution is 5.33. The van der Waals surface area contributed by atoms with Gasteiger partial charge in [-0.2, -0.15) is 0 Å². The summed E-state index contributed by atoms with van der Waals surface area (Å²) < 4.78 is 0. The van der Waals surface area contributed by atoms with Crippen LogP contribution >= 0.6 is 0 Å². The van der Waals surface area contributed by atoms with Gasteiger partial charge in [0.05, 0.1) is 24.9 Å². The average Bonchev–Trinajstić information content (AvgIpc) is 2.46. The van der Waals surface area contributed by atoms with E-state index in [1.807, 2.05) is 24.4 Å². The number of pyridine rings is 1. The summed E-state index contributed by atoms with van der Waals surface area (Å²) in [6.45, 7) is 1.76. The van der Waals surface area contributed by atoms with Crippen molar-refractivity contribution in [3.8, 4) is 0 Å². The molecule has 1 heterocycles. The number of H-pyrrole nitrogens is 1. The summed E-state index contributed by atoms with van der Waals surface area (Å²) in [4.78, 5) is 14.9. The average molecular weight is 273 g/mol. The number of benzene rings is 1. The highest BCUT2D eigenvalue weighted by Gasteiger charge is 2.10. The third-order valence-electron chi connectivity index (χ3n) is 3.22. The molecule has 1 aromatic carbocycles. The van der Waals surface area contributed by atoms with E-state index in [1.54, 1.807) is 12.1 Å². The van der Waals surface area contributed by atoms with Crippen molar-refractivity contribution in [1.29, 1.82) is 0 Å². The summed E-state index contributed by atoms with van der Waals surface area (Å²) in [7, 11) is 2.10. The van der Waals surface area contributed by atoms with Gasteiger partial charge in [-0.1, -0.05) is 18.2 Å². The molecule has 0 fully saturated rings. The van der Waals surface area contributed by atoms with Crippen LogP contribution in [0.15, 0.2) is 48.7 Å². The Bertz CT molecular complexity index is 572. The highest BCUT2D eigenvalue weighted by atomic mass is 16.6. The quantitative estimate of drug-likeness (QED) is 0.621. The molecule has 20 heavy (non-hydrogen) atoms. The summed E-state index contributed by atoms with van der Waals surface area (Å²) in [5.41, 5.74) is 2.35. The Morgan fingerprint density at radius 3 is 2.80 bits per heavy atom. The number of aromatic amines is 1. The van der Waals surface area contributed by atoms with E-state index in [-0.39, 0.29) is 10.6 Å². The van der Waals surface area contributed by atoms with Crippen LogP contribution in [0.4, 0.5) is 5.69 Å². The third-order valence-corrected chi connectivity index (χ3v) is 3.22. The van der Waals surface area contributed by atoms with Crippen molar-refractivity contribution in [1.82, 2.24) is 0 Å². The molecule has 0 aliphatic rings. The number of aromatic nitrogens is 1. The van der Waals surface area contributed by atoms with Gasteiger partial charge in [0.15, 0.2) is 11.9 Å². The number of nitrogens with zero attached hydrogens (tertiary/aromatic N) is 1. The van der Waals surface area contributed by atoms with E-state index in [2.05, 4.69) is 18.1 Å². The van der Waals surface area contributed by atoms with E-state index in [0.717, 1.165) is 25.1 Å². The molecule has 5 heteroatoms. The van der Waals surface area contributed by atoms with Gasteiger partial charge in [0.2, 0.25) is 0 Å². The zero-order valence-electron chi connectivity index (χ0n) is 11.5. The first-order chi connectivity index (χ1) is 9.65. The molecule has 0 saturated heterocycles. The van der Waals surface area contributed by atoms with Crippen molar-refractivity contribution in [2.75, 3.05) is 13.6 Å². The minimum atomic E-state index is -0.349. The monoisotopic (exact) mass is 273 g/mol. The Kier molecular flexibility index (Phi) is 4.79. The Morgan fingerprint density at radius 1 is 1.25 bits per heavy atom.